The van der Waals surface area contributed by atoms with E-state index in [1.54, 1.807) is 11.3 Å². The number of piperidine rings is 1. The highest BCUT2D eigenvalue weighted by Crippen LogP contribution is 2.25. The van der Waals surface area contributed by atoms with Crippen LogP contribution in [0.15, 0.2) is 29.6 Å². The second-order valence-electron chi connectivity index (χ2n) is 5.91. The molecule has 2 heterocycles. The molecule has 1 fully saturated rings. The van der Waals surface area contributed by atoms with Gasteiger partial charge in [0.05, 0.1) is 12.1 Å². The SMILES string of the molecule is CC1CCCN(C(=O)Cc2csc(-c3ccc(Cl)cc3)n2)C1. The third-order valence-corrected chi connectivity index (χ3v) is 5.18. The Morgan fingerprint density at radius 1 is 1.41 bits per heavy atom. The molecule has 3 nitrogen and oxygen atoms in total. The van der Waals surface area contributed by atoms with Crippen LogP contribution in [0.2, 0.25) is 5.02 Å². The molecule has 0 aliphatic carbocycles. The average molecular weight is 335 g/mol. The molecule has 1 aliphatic rings. The average Bonchev–Trinajstić information content (AvgIpc) is 2.96. The van der Waals surface area contributed by atoms with Crippen LogP contribution in [0.4, 0.5) is 0 Å². The first-order valence-corrected chi connectivity index (χ1v) is 8.85. The summed E-state index contributed by atoms with van der Waals surface area (Å²) in [6.45, 7) is 3.98. The van der Waals surface area contributed by atoms with E-state index in [2.05, 4.69) is 11.9 Å². The molecule has 1 atom stereocenters. The lowest BCUT2D eigenvalue weighted by atomic mass is 10.00. The number of carbonyl (C=O) groups excluding carboxylic acids is 1. The lowest BCUT2D eigenvalue weighted by Crippen LogP contribution is -2.39. The predicted molar refractivity (Wildman–Crippen MR) is 91.2 cm³/mol. The van der Waals surface area contributed by atoms with E-state index < -0.39 is 0 Å². The highest BCUT2D eigenvalue weighted by molar-refractivity contribution is 7.13. The number of hydrogen-bond donors (Lipinski definition) is 0. The van der Waals surface area contributed by atoms with Crippen molar-refractivity contribution in [1.82, 2.24) is 9.88 Å². The molecule has 2 aromatic rings. The Balaban J connectivity index is 1.66. The molecule has 1 aliphatic heterocycles. The molecule has 1 unspecified atom stereocenters. The minimum atomic E-state index is 0.194. The van der Waals surface area contributed by atoms with Gasteiger partial charge in [0.2, 0.25) is 5.91 Å². The van der Waals surface area contributed by atoms with Crippen LogP contribution in [-0.4, -0.2) is 28.9 Å². The van der Waals surface area contributed by atoms with E-state index in [0.29, 0.717) is 12.3 Å². The van der Waals surface area contributed by atoms with Crippen molar-refractivity contribution in [2.24, 2.45) is 5.92 Å². The topological polar surface area (TPSA) is 33.2 Å². The van der Waals surface area contributed by atoms with Gasteiger partial charge in [0.25, 0.3) is 0 Å². The Hall–Kier alpha value is -1.39. The first-order valence-electron chi connectivity index (χ1n) is 7.60. The molecular formula is C17H19ClN2OS. The fourth-order valence-corrected chi connectivity index (χ4v) is 3.75. The summed E-state index contributed by atoms with van der Waals surface area (Å²) in [6, 6.07) is 7.63. The van der Waals surface area contributed by atoms with E-state index in [4.69, 9.17) is 11.6 Å². The smallest absolute Gasteiger partial charge is 0.228 e. The van der Waals surface area contributed by atoms with Crippen LogP contribution < -0.4 is 0 Å². The van der Waals surface area contributed by atoms with Gasteiger partial charge in [-0.1, -0.05) is 30.7 Å². The first-order chi connectivity index (χ1) is 10.6. The molecule has 1 aromatic heterocycles. The maximum atomic E-state index is 12.4. The fourth-order valence-electron chi connectivity index (χ4n) is 2.80. The standard InChI is InChI=1S/C17H19ClN2OS/c1-12-3-2-8-20(10-12)16(21)9-15-11-22-17(19-15)13-4-6-14(18)7-5-13/h4-7,11-12H,2-3,8-10H2,1H3. The molecule has 1 saturated heterocycles. The van der Waals surface area contributed by atoms with E-state index in [9.17, 15) is 4.79 Å². The summed E-state index contributed by atoms with van der Waals surface area (Å²) in [5.74, 6) is 0.803. The third kappa shape index (κ3) is 3.68. The molecule has 3 rings (SSSR count). The molecule has 1 amide bonds. The lowest BCUT2D eigenvalue weighted by molar-refractivity contribution is -0.132. The fraction of sp³-hybridized carbons (Fsp3) is 0.412. The second kappa shape index (κ2) is 6.80. The van der Waals surface area contributed by atoms with Crippen LogP contribution in [0.25, 0.3) is 10.6 Å². The summed E-state index contributed by atoms with van der Waals surface area (Å²) in [4.78, 5) is 19.0. The van der Waals surface area contributed by atoms with Gasteiger partial charge >= 0.3 is 0 Å². The van der Waals surface area contributed by atoms with Gasteiger partial charge in [-0.25, -0.2) is 4.98 Å². The van der Waals surface area contributed by atoms with Gasteiger partial charge in [-0.2, -0.15) is 0 Å². The summed E-state index contributed by atoms with van der Waals surface area (Å²) in [5.41, 5.74) is 1.90. The molecule has 0 saturated carbocycles. The van der Waals surface area contributed by atoms with Crippen molar-refractivity contribution in [3.63, 3.8) is 0 Å². The quantitative estimate of drug-likeness (QED) is 0.840. The lowest BCUT2D eigenvalue weighted by Gasteiger charge is -2.30. The van der Waals surface area contributed by atoms with Gasteiger partial charge in [0, 0.05) is 29.1 Å². The van der Waals surface area contributed by atoms with Crippen LogP contribution in [0.3, 0.4) is 0 Å². The summed E-state index contributed by atoms with van der Waals surface area (Å²) in [7, 11) is 0. The Labute approximate surface area is 139 Å². The largest absolute Gasteiger partial charge is 0.342 e. The molecule has 0 spiro atoms. The molecule has 5 heteroatoms. The molecule has 22 heavy (non-hydrogen) atoms. The number of halogens is 1. The number of hydrogen-bond acceptors (Lipinski definition) is 3. The normalized spacial score (nSPS) is 18.5. The van der Waals surface area contributed by atoms with Crippen molar-refractivity contribution in [3.8, 4) is 10.6 Å². The highest BCUT2D eigenvalue weighted by atomic mass is 35.5. The summed E-state index contributed by atoms with van der Waals surface area (Å²) >= 11 is 7.48. The van der Waals surface area contributed by atoms with Gasteiger partial charge in [0.15, 0.2) is 0 Å². The molecule has 1 aromatic carbocycles. The zero-order chi connectivity index (χ0) is 15.5. The molecule has 116 valence electrons. The monoisotopic (exact) mass is 334 g/mol. The Morgan fingerprint density at radius 2 is 2.18 bits per heavy atom. The summed E-state index contributed by atoms with van der Waals surface area (Å²) < 4.78 is 0. The molecule has 0 radical (unpaired) electrons. The van der Waals surface area contributed by atoms with E-state index in [1.807, 2.05) is 34.5 Å². The van der Waals surface area contributed by atoms with E-state index in [0.717, 1.165) is 40.8 Å². The Bertz CT molecular complexity index is 653. The van der Waals surface area contributed by atoms with Crippen LogP contribution in [0.5, 0.6) is 0 Å². The van der Waals surface area contributed by atoms with Crippen LogP contribution in [0, 0.1) is 5.92 Å². The second-order valence-corrected chi connectivity index (χ2v) is 7.21. The van der Waals surface area contributed by atoms with Crippen LogP contribution >= 0.6 is 22.9 Å². The van der Waals surface area contributed by atoms with Crippen LogP contribution in [0.1, 0.15) is 25.5 Å². The summed E-state index contributed by atoms with van der Waals surface area (Å²) in [5, 5.41) is 3.64. The van der Waals surface area contributed by atoms with Gasteiger partial charge in [-0.3, -0.25) is 4.79 Å². The van der Waals surface area contributed by atoms with Crippen molar-refractivity contribution >= 4 is 28.8 Å². The van der Waals surface area contributed by atoms with Crippen LogP contribution in [-0.2, 0) is 11.2 Å². The van der Waals surface area contributed by atoms with Gasteiger partial charge in [-0.15, -0.1) is 11.3 Å². The first kappa shape index (κ1) is 15.5. The molecule has 0 bridgehead atoms. The van der Waals surface area contributed by atoms with Crippen molar-refractivity contribution in [2.45, 2.75) is 26.2 Å². The molecule has 0 N–H and O–H groups in total. The highest BCUT2D eigenvalue weighted by Gasteiger charge is 2.21. The Morgan fingerprint density at radius 3 is 2.91 bits per heavy atom. The van der Waals surface area contributed by atoms with Crippen molar-refractivity contribution in [1.29, 1.82) is 0 Å². The Kier molecular flexibility index (Phi) is 4.79. The maximum absolute atomic E-state index is 12.4. The van der Waals surface area contributed by atoms with Crippen molar-refractivity contribution in [3.05, 3.63) is 40.4 Å². The zero-order valence-corrected chi connectivity index (χ0v) is 14.2. The van der Waals surface area contributed by atoms with E-state index in [1.165, 1.54) is 6.42 Å². The third-order valence-electron chi connectivity index (χ3n) is 3.98. The van der Waals surface area contributed by atoms with E-state index >= 15 is 0 Å². The van der Waals surface area contributed by atoms with Crippen molar-refractivity contribution < 1.29 is 4.79 Å². The minimum Gasteiger partial charge on any atom is -0.342 e. The maximum Gasteiger partial charge on any atom is 0.228 e. The van der Waals surface area contributed by atoms with Gasteiger partial charge in [0.1, 0.15) is 5.01 Å². The molecular weight excluding hydrogens is 316 g/mol. The van der Waals surface area contributed by atoms with E-state index in [-0.39, 0.29) is 5.91 Å². The van der Waals surface area contributed by atoms with Gasteiger partial charge < -0.3 is 4.90 Å². The zero-order valence-electron chi connectivity index (χ0n) is 12.6. The number of rotatable bonds is 3. The number of likely N-dealkylation sites (tertiary alicyclic amines) is 1. The number of carbonyl (C=O) groups is 1. The minimum absolute atomic E-state index is 0.194. The predicted octanol–water partition coefficient (Wildman–Crippen LogP) is 4.26. The number of nitrogens with zero attached hydrogens (tertiary/aromatic N) is 2. The van der Waals surface area contributed by atoms with Gasteiger partial charge in [-0.05, 0) is 30.9 Å². The summed E-state index contributed by atoms with van der Waals surface area (Å²) in [6.07, 6.45) is 2.73. The number of amides is 1. The number of aromatic nitrogens is 1. The number of thiazole rings is 1. The van der Waals surface area contributed by atoms with Crippen molar-refractivity contribution in [2.75, 3.05) is 13.1 Å². The number of benzene rings is 1.